The van der Waals surface area contributed by atoms with E-state index in [1.165, 1.54) is 25.1 Å². The number of aliphatic hydroxyl groups is 1. The maximum Gasteiger partial charge on any atom is 0.270 e. The summed E-state index contributed by atoms with van der Waals surface area (Å²) in [4.78, 5) is 14.6. The zero-order valence-electron chi connectivity index (χ0n) is 11.8. The van der Waals surface area contributed by atoms with Crippen LogP contribution in [-0.2, 0) is 6.61 Å². The Balaban J connectivity index is 2.21. The first-order valence-corrected chi connectivity index (χ1v) is 6.49. The molecule has 0 bridgehead atoms. The van der Waals surface area contributed by atoms with Gasteiger partial charge in [0.2, 0.25) is 0 Å². The summed E-state index contributed by atoms with van der Waals surface area (Å²) in [5.74, 6) is 0.416. The van der Waals surface area contributed by atoms with E-state index in [1.54, 1.807) is 0 Å². The van der Waals surface area contributed by atoms with Crippen LogP contribution >= 0.6 is 0 Å². The van der Waals surface area contributed by atoms with E-state index < -0.39 is 11.0 Å². The van der Waals surface area contributed by atoms with Gasteiger partial charge in [-0.2, -0.15) is 0 Å². The third kappa shape index (κ3) is 3.76. The van der Waals surface area contributed by atoms with Crippen LogP contribution in [0.2, 0.25) is 0 Å². The first-order chi connectivity index (χ1) is 9.97. The average Bonchev–Trinajstić information content (AvgIpc) is 2.44. The van der Waals surface area contributed by atoms with Crippen LogP contribution in [-0.4, -0.2) is 15.0 Å². The number of nitro groups is 1. The highest BCUT2D eigenvalue weighted by Gasteiger charge is 2.15. The summed E-state index contributed by atoms with van der Waals surface area (Å²) in [7, 11) is 0. The Bertz CT molecular complexity index is 656. The minimum Gasteiger partial charge on any atom is -0.487 e. The molecule has 0 aliphatic heterocycles. The molecule has 21 heavy (non-hydrogen) atoms. The van der Waals surface area contributed by atoms with Crippen LogP contribution in [0.25, 0.3) is 0 Å². The molecule has 0 aliphatic rings. The zero-order valence-corrected chi connectivity index (χ0v) is 11.8. The van der Waals surface area contributed by atoms with E-state index in [9.17, 15) is 15.2 Å². The first kappa shape index (κ1) is 14.9. The van der Waals surface area contributed by atoms with Crippen molar-refractivity contribution in [3.63, 3.8) is 0 Å². The van der Waals surface area contributed by atoms with Gasteiger partial charge in [-0.05, 0) is 32.0 Å². The van der Waals surface area contributed by atoms with Gasteiger partial charge in [-0.1, -0.05) is 6.07 Å². The minimum atomic E-state index is -0.856. The van der Waals surface area contributed by atoms with Crippen molar-refractivity contribution in [2.24, 2.45) is 0 Å². The van der Waals surface area contributed by atoms with E-state index in [2.05, 4.69) is 4.98 Å². The highest BCUT2D eigenvalue weighted by molar-refractivity contribution is 5.44. The van der Waals surface area contributed by atoms with Gasteiger partial charge >= 0.3 is 0 Å². The predicted molar refractivity (Wildman–Crippen MR) is 77.0 cm³/mol. The van der Waals surface area contributed by atoms with E-state index in [1.807, 2.05) is 25.1 Å². The molecule has 1 N–H and O–H groups in total. The monoisotopic (exact) mass is 288 g/mol. The second-order valence-electron chi connectivity index (χ2n) is 4.71. The molecule has 6 heteroatoms. The van der Waals surface area contributed by atoms with Crippen LogP contribution in [0.15, 0.2) is 36.4 Å². The summed E-state index contributed by atoms with van der Waals surface area (Å²) in [5.41, 5.74) is 1.95. The number of pyridine rings is 1. The average molecular weight is 288 g/mol. The molecule has 0 saturated carbocycles. The Morgan fingerprint density at radius 3 is 2.76 bits per heavy atom. The number of hydrogen-bond acceptors (Lipinski definition) is 5. The Labute approximate surface area is 122 Å². The van der Waals surface area contributed by atoms with E-state index in [4.69, 9.17) is 4.74 Å². The lowest BCUT2D eigenvalue weighted by Gasteiger charge is -2.13. The van der Waals surface area contributed by atoms with Crippen LogP contribution in [0.5, 0.6) is 5.75 Å². The number of nitro benzene ring substituents is 1. The highest BCUT2D eigenvalue weighted by atomic mass is 16.6. The summed E-state index contributed by atoms with van der Waals surface area (Å²) in [6.07, 6.45) is -0.856. The van der Waals surface area contributed by atoms with Gasteiger partial charge < -0.3 is 9.84 Å². The van der Waals surface area contributed by atoms with Crippen molar-refractivity contribution in [2.75, 3.05) is 0 Å². The van der Waals surface area contributed by atoms with Crippen molar-refractivity contribution in [3.05, 3.63) is 63.5 Å². The molecular weight excluding hydrogens is 272 g/mol. The summed E-state index contributed by atoms with van der Waals surface area (Å²) in [6, 6.07) is 9.77. The zero-order chi connectivity index (χ0) is 15.4. The Kier molecular flexibility index (Phi) is 4.49. The minimum absolute atomic E-state index is 0.0769. The molecule has 110 valence electrons. The lowest BCUT2D eigenvalue weighted by Crippen LogP contribution is -2.03. The molecule has 1 heterocycles. The molecule has 0 unspecified atom stereocenters. The molecule has 1 atom stereocenters. The molecule has 0 saturated heterocycles. The lowest BCUT2D eigenvalue weighted by molar-refractivity contribution is -0.385. The smallest absolute Gasteiger partial charge is 0.270 e. The molecule has 0 fully saturated rings. The van der Waals surface area contributed by atoms with Gasteiger partial charge in [0, 0.05) is 23.4 Å². The summed E-state index contributed by atoms with van der Waals surface area (Å²) >= 11 is 0. The normalized spacial score (nSPS) is 12.0. The van der Waals surface area contributed by atoms with Crippen LogP contribution in [0.4, 0.5) is 5.69 Å². The van der Waals surface area contributed by atoms with E-state index >= 15 is 0 Å². The third-order valence-electron chi connectivity index (χ3n) is 2.98. The number of hydrogen-bond donors (Lipinski definition) is 1. The molecule has 2 aromatic rings. The van der Waals surface area contributed by atoms with E-state index in [-0.39, 0.29) is 12.3 Å². The lowest BCUT2D eigenvalue weighted by atomic mass is 10.1. The molecule has 1 aromatic carbocycles. The topological polar surface area (TPSA) is 85.5 Å². The number of aromatic nitrogens is 1. The second-order valence-corrected chi connectivity index (χ2v) is 4.71. The Hall–Kier alpha value is -2.47. The van der Waals surface area contributed by atoms with Crippen molar-refractivity contribution in [2.45, 2.75) is 26.6 Å². The fourth-order valence-corrected chi connectivity index (χ4v) is 1.94. The van der Waals surface area contributed by atoms with Gasteiger partial charge in [0.25, 0.3) is 5.69 Å². The van der Waals surface area contributed by atoms with Crippen LogP contribution in [0.3, 0.4) is 0 Å². The number of nitrogens with zero attached hydrogens (tertiary/aromatic N) is 2. The van der Waals surface area contributed by atoms with Crippen LogP contribution < -0.4 is 4.74 Å². The number of non-ortho nitro benzene ring substituents is 1. The van der Waals surface area contributed by atoms with Gasteiger partial charge in [0.15, 0.2) is 0 Å². The van der Waals surface area contributed by atoms with E-state index in [0.717, 1.165) is 11.4 Å². The van der Waals surface area contributed by atoms with Crippen molar-refractivity contribution in [1.82, 2.24) is 4.98 Å². The molecule has 2 rings (SSSR count). The number of ether oxygens (including phenoxy) is 1. The number of aryl methyl sites for hydroxylation is 1. The van der Waals surface area contributed by atoms with Crippen LogP contribution in [0, 0.1) is 17.0 Å². The van der Waals surface area contributed by atoms with E-state index in [0.29, 0.717) is 11.3 Å². The Morgan fingerprint density at radius 2 is 2.14 bits per heavy atom. The Morgan fingerprint density at radius 1 is 1.38 bits per heavy atom. The second kappa shape index (κ2) is 6.32. The summed E-state index contributed by atoms with van der Waals surface area (Å²) in [5, 5.41) is 20.5. The van der Waals surface area contributed by atoms with Crippen molar-refractivity contribution in [1.29, 1.82) is 0 Å². The molecule has 0 aliphatic carbocycles. The maximum atomic E-state index is 10.8. The van der Waals surface area contributed by atoms with Crippen molar-refractivity contribution in [3.8, 4) is 5.75 Å². The van der Waals surface area contributed by atoms with Crippen LogP contribution in [0.1, 0.15) is 30.0 Å². The van der Waals surface area contributed by atoms with Crippen molar-refractivity contribution >= 4 is 5.69 Å². The molecular formula is C15H16N2O4. The molecule has 0 spiro atoms. The maximum absolute atomic E-state index is 10.8. The fourth-order valence-electron chi connectivity index (χ4n) is 1.94. The van der Waals surface area contributed by atoms with Crippen molar-refractivity contribution < 1.29 is 14.8 Å². The van der Waals surface area contributed by atoms with Gasteiger partial charge in [-0.15, -0.1) is 0 Å². The molecule has 1 aromatic heterocycles. The number of aliphatic hydroxyl groups excluding tert-OH is 1. The van der Waals surface area contributed by atoms with Gasteiger partial charge in [-0.25, -0.2) is 0 Å². The molecule has 6 nitrogen and oxygen atoms in total. The van der Waals surface area contributed by atoms with Gasteiger partial charge in [-0.3, -0.25) is 15.1 Å². The SMILES string of the molecule is Cc1cccc(COc2ccc([N+](=O)[O-])cc2[C@H](C)O)n1. The largest absolute Gasteiger partial charge is 0.487 e. The van der Waals surface area contributed by atoms with Gasteiger partial charge in [0.05, 0.1) is 16.7 Å². The highest BCUT2D eigenvalue weighted by Crippen LogP contribution is 2.29. The molecule has 0 radical (unpaired) electrons. The third-order valence-corrected chi connectivity index (χ3v) is 2.98. The summed E-state index contributed by atoms with van der Waals surface area (Å²) in [6.45, 7) is 3.66. The number of benzene rings is 1. The summed E-state index contributed by atoms with van der Waals surface area (Å²) < 4.78 is 5.63. The quantitative estimate of drug-likeness (QED) is 0.675. The first-order valence-electron chi connectivity index (χ1n) is 6.49. The molecule has 0 amide bonds. The predicted octanol–water partition coefficient (Wildman–Crippen LogP) is 2.93. The van der Waals surface area contributed by atoms with Gasteiger partial charge in [0.1, 0.15) is 12.4 Å². The fraction of sp³-hybridized carbons (Fsp3) is 0.267. The number of rotatable bonds is 5. The standard InChI is InChI=1S/C15H16N2O4/c1-10-4-3-5-12(16-10)9-21-15-7-6-13(17(19)20)8-14(15)11(2)18/h3-8,11,18H,9H2,1-2H3/t11-/m0/s1.